The molecule has 3 aromatic rings. The van der Waals surface area contributed by atoms with Crippen molar-refractivity contribution in [2.75, 3.05) is 12.4 Å². The predicted octanol–water partition coefficient (Wildman–Crippen LogP) is 3.36. The van der Waals surface area contributed by atoms with E-state index in [1.54, 1.807) is 42.7 Å². The van der Waals surface area contributed by atoms with Gasteiger partial charge in [0, 0.05) is 43.8 Å². The lowest BCUT2D eigenvalue weighted by Gasteiger charge is -2.18. The molecule has 0 saturated carbocycles. The molecule has 156 valence electrons. The molecule has 0 saturated heterocycles. The summed E-state index contributed by atoms with van der Waals surface area (Å²) in [6, 6.07) is 15.0. The number of carbonyl (C=O) groups excluding carboxylic acids is 1. The number of benzene rings is 2. The van der Waals surface area contributed by atoms with Crippen molar-refractivity contribution in [2.45, 2.75) is 18.0 Å². The van der Waals surface area contributed by atoms with E-state index in [2.05, 4.69) is 15.6 Å². The monoisotopic (exact) mass is 428 g/mol. The molecule has 0 radical (unpaired) electrons. The van der Waals surface area contributed by atoms with Gasteiger partial charge in [-0.2, -0.15) is 4.31 Å². The number of anilines is 1. The van der Waals surface area contributed by atoms with Crippen LogP contribution in [-0.2, 0) is 23.1 Å². The van der Waals surface area contributed by atoms with Crippen molar-refractivity contribution in [3.63, 3.8) is 0 Å². The van der Waals surface area contributed by atoms with Crippen molar-refractivity contribution < 1.29 is 17.6 Å². The van der Waals surface area contributed by atoms with Gasteiger partial charge in [-0.25, -0.2) is 17.6 Å². The summed E-state index contributed by atoms with van der Waals surface area (Å²) >= 11 is 0. The van der Waals surface area contributed by atoms with Gasteiger partial charge >= 0.3 is 6.03 Å². The van der Waals surface area contributed by atoms with E-state index in [4.69, 9.17) is 0 Å². The van der Waals surface area contributed by atoms with E-state index in [0.29, 0.717) is 12.2 Å². The highest BCUT2D eigenvalue weighted by atomic mass is 32.2. The Morgan fingerprint density at radius 2 is 1.70 bits per heavy atom. The number of amides is 2. The number of nitrogens with one attached hydrogen (secondary N) is 2. The normalized spacial score (nSPS) is 11.3. The molecular weight excluding hydrogens is 407 g/mol. The van der Waals surface area contributed by atoms with Gasteiger partial charge in [-0.3, -0.25) is 4.98 Å². The van der Waals surface area contributed by atoms with E-state index in [-0.39, 0.29) is 17.0 Å². The maximum Gasteiger partial charge on any atom is 0.319 e. The number of rotatable bonds is 7. The Kier molecular flexibility index (Phi) is 6.76. The third-order valence-corrected chi connectivity index (χ3v) is 6.19. The van der Waals surface area contributed by atoms with Gasteiger partial charge in [0.2, 0.25) is 10.0 Å². The minimum absolute atomic E-state index is 0.0454. The number of urea groups is 1. The maximum atomic E-state index is 13.8. The maximum absolute atomic E-state index is 13.8. The molecule has 9 heteroatoms. The molecule has 2 amide bonds. The second-order valence-corrected chi connectivity index (χ2v) is 8.58. The van der Waals surface area contributed by atoms with Crippen molar-refractivity contribution in [1.29, 1.82) is 0 Å². The molecule has 0 aliphatic heterocycles. The third kappa shape index (κ3) is 5.40. The highest BCUT2D eigenvalue weighted by Gasteiger charge is 2.21. The molecule has 7 nitrogen and oxygen atoms in total. The molecule has 1 aromatic heterocycles. The number of pyridine rings is 1. The highest BCUT2D eigenvalue weighted by molar-refractivity contribution is 7.89. The molecule has 30 heavy (non-hydrogen) atoms. The average Bonchev–Trinajstić information content (AvgIpc) is 2.75. The Morgan fingerprint density at radius 1 is 1.03 bits per heavy atom. The SMILES string of the molecule is CN(Cc1ccccc1F)S(=O)(=O)c1ccc(NC(=O)NCc2ccncc2)cc1. The molecule has 0 atom stereocenters. The van der Waals surface area contributed by atoms with Crippen LogP contribution >= 0.6 is 0 Å². The fraction of sp³-hybridized carbons (Fsp3) is 0.143. The zero-order valence-corrected chi connectivity index (χ0v) is 17.1. The molecule has 1 heterocycles. The second kappa shape index (κ2) is 9.47. The Morgan fingerprint density at radius 3 is 2.37 bits per heavy atom. The Balaban J connectivity index is 1.61. The van der Waals surface area contributed by atoms with Crippen LogP contribution in [0.3, 0.4) is 0 Å². The first kappa shape index (κ1) is 21.4. The molecule has 0 spiro atoms. The Hall–Kier alpha value is -3.30. The standard InChI is InChI=1S/C21H21FN4O3S/c1-26(15-17-4-2-3-5-20(17)22)30(28,29)19-8-6-18(7-9-19)25-21(27)24-14-16-10-12-23-13-11-16/h2-13H,14-15H2,1H3,(H2,24,25,27). The number of aromatic nitrogens is 1. The van der Waals surface area contributed by atoms with E-state index in [1.165, 1.54) is 37.4 Å². The number of halogens is 1. The quantitative estimate of drug-likeness (QED) is 0.604. The zero-order valence-electron chi connectivity index (χ0n) is 16.2. The topological polar surface area (TPSA) is 91.4 Å². The summed E-state index contributed by atoms with van der Waals surface area (Å²) in [5, 5.41) is 5.35. The van der Waals surface area contributed by atoms with Crippen LogP contribution in [0.5, 0.6) is 0 Å². The van der Waals surface area contributed by atoms with Crippen molar-refractivity contribution in [2.24, 2.45) is 0 Å². The average molecular weight is 428 g/mol. The lowest BCUT2D eigenvalue weighted by molar-refractivity contribution is 0.251. The number of carbonyl (C=O) groups is 1. The van der Waals surface area contributed by atoms with Gasteiger partial charge in [-0.05, 0) is 48.0 Å². The van der Waals surface area contributed by atoms with Gasteiger partial charge in [0.25, 0.3) is 0 Å². The minimum atomic E-state index is -3.81. The van der Waals surface area contributed by atoms with Gasteiger partial charge in [0.05, 0.1) is 4.90 Å². The summed E-state index contributed by atoms with van der Waals surface area (Å²) in [4.78, 5) is 16.0. The molecule has 3 rings (SSSR count). The van der Waals surface area contributed by atoms with Crippen LogP contribution in [0.25, 0.3) is 0 Å². The van der Waals surface area contributed by atoms with E-state index in [1.807, 2.05) is 0 Å². The van der Waals surface area contributed by atoms with E-state index < -0.39 is 21.9 Å². The van der Waals surface area contributed by atoms with E-state index in [9.17, 15) is 17.6 Å². The lowest BCUT2D eigenvalue weighted by atomic mass is 10.2. The molecule has 0 aliphatic rings. The smallest absolute Gasteiger partial charge is 0.319 e. The summed E-state index contributed by atoms with van der Waals surface area (Å²) in [5.41, 5.74) is 1.63. The molecule has 0 unspecified atom stereocenters. The lowest BCUT2D eigenvalue weighted by Crippen LogP contribution is -2.28. The Labute approximate surface area is 174 Å². The second-order valence-electron chi connectivity index (χ2n) is 6.54. The number of sulfonamides is 1. The van der Waals surface area contributed by atoms with Crippen LogP contribution in [0.15, 0.2) is 78.0 Å². The van der Waals surface area contributed by atoms with Crippen molar-refractivity contribution >= 4 is 21.7 Å². The first-order valence-corrected chi connectivity index (χ1v) is 10.5. The first-order valence-electron chi connectivity index (χ1n) is 9.10. The summed E-state index contributed by atoms with van der Waals surface area (Å²) in [5.74, 6) is -0.461. The van der Waals surface area contributed by atoms with Crippen molar-refractivity contribution in [3.05, 3.63) is 90.0 Å². The summed E-state index contributed by atoms with van der Waals surface area (Å²) in [6.07, 6.45) is 3.27. The molecule has 2 aromatic carbocycles. The first-order chi connectivity index (χ1) is 14.4. The van der Waals surface area contributed by atoms with Crippen LogP contribution in [0.2, 0.25) is 0 Å². The van der Waals surface area contributed by atoms with Crippen LogP contribution in [0.4, 0.5) is 14.9 Å². The fourth-order valence-corrected chi connectivity index (χ4v) is 3.85. The summed E-state index contributed by atoms with van der Waals surface area (Å²) < 4.78 is 40.4. The Bertz CT molecular complexity index is 1110. The number of hydrogen-bond donors (Lipinski definition) is 2. The van der Waals surface area contributed by atoms with Gasteiger partial charge < -0.3 is 10.6 Å². The van der Waals surface area contributed by atoms with Gasteiger partial charge in [0.15, 0.2) is 0 Å². The largest absolute Gasteiger partial charge is 0.334 e. The minimum Gasteiger partial charge on any atom is -0.334 e. The number of hydrogen-bond acceptors (Lipinski definition) is 4. The third-order valence-electron chi connectivity index (χ3n) is 4.37. The van der Waals surface area contributed by atoms with Gasteiger partial charge in [0.1, 0.15) is 5.82 Å². The van der Waals surface area contributed by atoms with Crippen molar-refractivity contribution in [1.82, 2.24) is 14.6 Å². The van der Waals surface area contributed by atoms with Crippen LogP contribution in [0, 0.1) is 5.82 Å². The highest BCUT2D eigenvalue weighted by Crippen LogP contribution is 2.20. The van der Waals surface area contributed by atoms with Crippen LogP contribution in [0.1, 0.15) is 11.1 Å². The van der Waals surface area contributed by atoms with E-state index >= 15 is 0 Å². The number of nitrogens with zero attached hydrogens (tertiary/aromatic N) is 2. The predicted molar refractivity (Wildman–Crippen MR) is 112 cm³/mol. The summed E-state index contributed by atoms with van der Waals surface area (Å²) in [7, 11) is -2.42. The fourth-order valence-electron chi connectivity index (χ4n) is 2.70. The summed E-state index contributed by atoms with van der Waals surface area (Å²) in [6.45, 7) is 0.244. The van der Waals surface area contributed by atoms with E-state index in [0.717, 1.165) is 9.87 Å². The van der Waals surface area contributed by atoms with Crippen LogP contribution in [-0.4, -0.2) is 30.8 Å². The van der Waals surface area contributed by atoms with Gasteiger partial charge in [-0.15, -0.1) is 0 Å². The molecule has 0 fully saturated rings. The van der Waals surface area contributed by atoms with Gasteiger partial charge in [-0.1, -0.05) is 18.2 Å². The molecule has 0 bridgehead atoms. The molecular formula is C21H21FN4O3S. The zero-order chi connectivity index (χ0) is 21.6. The van der Waals surface area contributed by atoms with Crippen LogP contribution < -0.4 is 10.6 Å². The molecule has 2 N–H and O–H groups in total. The molecule has 0 aliphatic carbocycles. The van der Waals surface area contributed by atoms with Crippen molar-refractivity contribution in [3.8, 4) is 0 Å².